The first-order valence-corrected chi connectivity index (χ1v) is 16.0. The van der Waals surface area contributed by atoms with Crippen molar-refractivity contribution in [2.75, 3.05) is 19.8 Å². The summed E-state index contributed by atoms with van der Waals surface area (Å²) in [5.41, 5.74) is 3.21. The topological polar surface area (TPSA) is 49.7 Å². The van der Waals surface area contributed by atoms with Crippen LogP contribution >= 0.6 is 11.6 Å². The van der Waals surface area contributed by atoms with E-state index in [0.717, 1.165) is 37.9 Å². The van der Waals surface area contributed by atoms with Gasteiger partial charge in [-0.2, -0.15) is 0 Å². The molecule has 0 fully saturated rings. The Balaban J connectivity index is 1.91. The minimum atomic E-state index is -1.78. The predicted molar refractivity (Wildman–Crippen MR) is 147 cm³/mol. The Kier molecular flexibility index (Phi) is 10.8. The first-order valence-electron chi connectivity index (χ1n) is 12.7. The number of hydrogen-bond donors (Lipinski definition) is 2. The Hall–Kier alpha value is -1.17. The van der Waals surface area contributed by atoms with Gasteiger partial charge in [-0.3, -0.25) is 0 Å². The van der Waals surface area contributed by atoms with Crippen LogP contribution in [0, 0.1) is 5.92 Å². The zero-order valence-electron chi connectivity index (χ0n) is 22.0. The molecule has 5 heteroatoms. The van der Waals surface area contributed by atoms with Gasteiger partial charge in [0.2, 0.25) is 0 Å². The molecule has 1 unspecified atom stereocenters. The minimum Gasteiger partial charge on any atom is -0.416 e. The molecule has 0 saturated carbocycles. The van der Waals surface area contributed by atoms with Crippen LogP contribution in [0.3, 0.4) is 0 Å². The van der Waals surface area contributed by atoms with Crippen LogP contribution in [0.25, 0.3) is 0 Å². The molecule has 0 aliphatic carbocycles. The van der Waals surface area contributed by atoms with Gasteiger partial charge in [0, 0.05) is 23.7 Å². The maximum atomic E-state index is 10.2. The lowest BCUT2D eigenvalue weighted by atomic mass is 9.74. The summed E-state index contributed by atoms with van der Waals surface area (Å²) in [4.78, 5) is 0. The molecule has 0 amide bonds. The van der Waals surface area contributed by atoms with E-state index in [1.807, 2.05) is 24.3 Å². The molecule has 2 aromatic carbocycles. The first-order chi connectivity index (χ1) is 16.0. The maximum Gasteiger partial charge on any atom is 0.192 e. The van der Waals surface area contributed by atoms with Gasteiger partial charge >= 0.3 is 0 Å². The molecule has 0 bridgehead atoms. The third-order valence-electron chi connectivity index (χ3n) is 8.34. The fourth-order valence-electron chi connectivity index (χ4n) is 4.49. The molecule has 0 aliphatic heterocycles. The molecular formula is C29H45ClO3Si. The van der Waals surface area contributed by atoms with Crippen LogP contribution < -0.4 is 0 Å². The smallest absolute Gasteiger partial charge is 0.192 e. The highest BCUT2D eigenvalue weighted by molar-refractivity contribution is 6.74. The first kappa shape index (κ1) is 29.1. The van der Waals surface area contributed by atoms with E-state index in [-0.39, 0.29) is 18.3 Å². The maximum absolute atomic E-state index is 10.2. The van der Waals surface area contributed by atoms with Gasteiger partial charge in [-0.05, 0) is 85.0 Å². The van der Waals surface area contributed by atoms with Crippen LogP contribution in [-0.2, 0) is 22.7 Å². The molecule has 2 aromatic rings. The molecule has 2 N–H and O–H groups in total. The quantitative estimate of drug-likeness (QED) is 0.268. The fourth-order valence-corrected chi connectivity index (χ4v) is 6.99. The van der Waals surface area contributed by atoms with E-state index >= 15 is 0 Å². The molecule has 0 spiro atoms. The SMILES string of the molecule is CC(C)C(C)(C)[Si](C)(C)OCCc1ccc(CCCC(CO)(CCO)c2ccc(Cl)cc2)cc1. The van der Waals surface area contributed by atoms with Crippen LogP contribution in [0.2, 0.25) is 23.2 Å². The van der Waals surface area contributed by atoms with Crippen LogP contribution in [0.4, 0.5) is 0 Å². The van der Waals surface area contributed by atoms with Crippen LogP contribution in [0.5, 0.6) is 0 Å². The van der Waals surface area contributed by atoms with E-state index < -0.39 is 13.7 Å². The van der Waals surface area contributed by atoms with E-state index in [4.69, 9.17) is 16.0 Å². The third-order valence-corrected chi connectivity index (χ3v) is 13.2. The van der Waals surface area contributed by atoms with Crippen LogP contribution in [-0.4, -0.2) is 38.4 Å². The molecule has 3 nitrogen and oxygen atoms in total. The lowest BCUT2D eigenvalue weighted by Gasteiger charge is -2.42. The summed E-state index contributed by atoms with van der Waals surface area (Å²) in [6.07, 6.45) is 4.17. The van der Waals surface area contributed by atoms with Crippen molar-refractivity contribution in [2.24, 2.45) is 5.92 Å². The molecule has 34 heavy (non-hydrogen) atoms. The van der Waals surface area contributed by atoms with Crippen molar-refractivity contribution in [2.45, 2.75) is 83.3 Å². The van der Waals surface area contributed by atoms with Crippen molar-refractivity contribution in [1.29, 1.82) is 0 Å². The monoisotopic (exact) mass is 504 g/mol. The molecule has 190 valence electrons. The molecule has 0 heterocycles. The van der Waals surface area contributed by atoms with E-state index in [1.54, 1.807) is 0 Å². The Bertz CT molecular complexity index is 862. The number of aliphatic hydroxyl groups is 2. The summed E-state index contributed by atoms with van der Waals surface area (Å²) in [7, 11) is -1.78. The van der Waals surface area contributed by atoms with Crippen molar-refractivity contribution in [3.8, 4) is 0 Å². The largest absolute Gasteiger partial charge is 0.416 e. The Morgan fingerprint density at radius 1 is 0.882 bits per heavy atom. The summed E-state index contributed by atoms with van der Waals surface area (Å²) in [6, 6.07) is 16.5. The van der Waals surface area contributed by atoms with Crippen molar-refractivity contribution in [3.05, 3.63) is 70.2 Å². The molecular weight excluding hydrogens is 460 g/mol. The second-order valence-electron chi connectivity index (χ2n) is 11.1. The summed E-state index contributed by atoms with van der Waals surface area (Å²) in [5.74, 6) is 0.607. The number of halogens is 1. The summed E-state index contributed by atoms with van der Waals surface area (Å²) in [5, 5.41) is 20.8. The minimum absolute atomic E-state index is 0.0153. The third kappa shape index (κ3) is 7.41. The second-order valence-corrected chi connectivity index (χ2v) is 16.1. The van der Waals surface area contributed by atoms with E-state index in [2.05, 4.69) is 65.1 Å². The summed E-state index contributed by atoms with van der Waals surface area (Å²) in [6.45, 7) is 14.8. The molecule has 2 rings (SSSR count). The summed E-state index contributed by atoms with van der Waals surface area (Å²) >= 11 is 6.05. The zero-order chi connectivity index (χ0) is 25.4. The van der Waals surface area contributed by atoms with Crippen molar-refractivity contribution < 1.29 is 14.6 Å². The van der Waals surface area contributed by atoms with Gasteiger partial charge in [-0.1, -0.05) is 75.7 Å². The van der Waals surface area contributed by atoms with Gasteiger partial charge in [-0.25, -0.2) is 0 Å². The van der Waals surface area contributed by atoms with Gasteiger partial charge in [0.25, 0.3) is 0 Å². The van der Waals surface area contributed by atoms with Crippen LogP contribution in [0.15, 0.2) is 48.5 Å². The van der Waals surface area contributed by atoms with E-state index in [1.165, 1.54) is 11.1 Å². The molecule has 0 aliphatic rings. The van der Waals surface area contributed by atoms with E-state index in [9.17, 15) is 10.2 Å². The molecule has 1 atom stereocenters. The molecule has 0 radical (unpaired) electrons. The van der Waals surface area contributed by atoms with Crippen molar-refractivity contribution >= 4 is 19.9 Å². The number of aliphatic hydroxyl groups excluding tert-OH is 2. The Morgan fingerprint density at radius 3 is 1.94 bits per heavy atom. The van der Waals surface area contributed by atoms with Gasteiger partial charge < -0.3 is 14.6 Å². The number of benzene rings is 2. The lowest BCUT2D eigenvalue weighted by molar-refractivity contribution is 0.142. The summed E-state index contributed by atoms with van der Waals surface area (Å²) < 4.78 is 6.46. The second kappa shape index (κ2) is 12.7. The van der Waals surface area contributed by atoms with Gasteiger partial charge in [0.05, 0.1) is 6.61 Å². The fraction of sp³-hybridized carbons (Fsp3) is 0.586. The average molecular weight is 505 g/mol. The normalized spacial score (nSPS) is 14.4. The van der Waals surface area contributed by atoms with Crippen molar-refractivity contribution in [3.63, 3.8) is 0 Å². The molecule has 0 saturated heterocycles. The van der Waals surface area contributed by atoms with Gasteiger partial charge in [0.1, 0.15) is 0 Å². The average Bonchev–Trinajstić information content (AvgIpc) is 2.79. The highest BCUT2D eigenvalue weighted by atomic mass is 35.5. The standard InChI is InChI=1S/C29H45ClO3Si/c1-23(2)28(3,4)34(5,6)33-21-17-25-11-9-24(10-12-25)8-7-18-29(22-32,19-20-31)26-13-15-27(30)16-14-26/h9-16,23,31-32H,7-8,17-22H2,1-6H3. The zero-order valence-corrected chi connectivity index (χ0v) is 23.8. The number of rotatable bonds is 14. The number of aryl methyl sites for hydroxylation is 1. The lowest BCUT2D eigenvalue weighted by Crippen LogP contribution is -2.45. The highest BCUT2D eigenvalue weighted by Gasteiger charge is 2.43. The van der Waals surface area contributed by atoms with Crippen LogP contribution in [0.1, 0.15) is 63.6 Å². The predicted octanol–water partition coefficient (Wildman–Crippen LogP) is 7.18. The Labute approximate surface area is 213 Å². The molecule has 0 aromatic heterocycles. The van der Waals surface area contributed by atoms with Gasteiger partial charge in [0.15, 0.2) is 8.32 Å². The Morgan fingerprint density at radius 2 is 1.44 bits per heavy atom. The van der Waals surface area contributed by atoms with E-state index in [0.29, 0.717) is 17.4 Å². The van der Waals surface area contributed by atoms with Gasteiger partial charge in [-0.15, -0.1) is 0 Å². The number of hydrogen-bond acceptors (Lipinski definition) is 3. The van der Waals surface area contributed by atoms with Crippen molar-refractivity contribution in [1.82, 2.24) is 0 Å². The highest BCUT2D eigenvalue weighted by Crippen LogP contribution is 2.44.